The van der Waals surface area contributed by atoms with Gasteiger partial charge in [0, 0.05) is 11.6 Å². The predicted octanol–water partition coefficient (Wildman–Crippen LogP) is 4.76. The molecule has 2 heterocycles. The van der Waals surface area contributed by atoms with Crippen LogP contribution in [0.5, 0.6) is 0 Å². The van der Waals surface area contributed by atoms with E-state index in [0.29, 0.717) is 15.9 Å². The van der Waals surface area contributed by atoms with Crippen molar-refractivity contribution in [1.82, 2.24) is 15.0 Å². The van der Waals surface area contributed by atoms with Gasteiger partial charge in [-0.1, -0.05) is 53.2 Å². The lowest BCUT2D eigenvalue weighted by Crippen LogP contribution is -2.23. The number of thioether (sulfide) groups is 1. The van der Waals surface area contributed by atoms with Gasteiger partial charge in [-0.2, -0.15) is 0 Å². The van der Waals surface area contributed by atoms with Crippen LogP contribution in [0.1, 0.15) is 12.7 Å². The first-order chi connectivity index (χ1) is 11.9. The zero-order chi connectivity index (χ0) is 18.0. The fourth-order valence-electron chi connectivity index (χ4n) is 2.19. The van der Waals surface area contributed by atoms with Gasteiger partial charge in [0.1, 0.15) is 10.9 Å². The number of aryl methyl sites for hydroxylation is 1. The molecule has 1 N–H and O–H groups in total. The minimum absolute atomic E-state index is 0.220. The molecular weight excluding hydrogens is 379 g/mol. The summed E-state index contributed by atoms with van der Waals surface area (Å²) < 4.78 is 0. The van der Waals surface area contributed by atoms with Crippen molar-refractivity contribution in [2.24, 2.45) is 0 Å². The van der Waals surface area contributed by atoms with Crippen molar-refractivity contribution < 1.29 is 4.79 Å². The van der Waals surface area contributed by atoms with Crippen LogP contribution in [0, 0.1) is 6.92 Å². The highest BCUT2D eigenvalue weighted by atomic mass is 35.5. The molecule has 0 unspecified atom stereocenters. The molecule has 0 spiro atoms. The number of rotatable bonds is 4. The SMILES string of the molecule is Cc1nc(S[C@@H](C)C(=O)Nc2ncc(Cl)cc2Cl)c2ccccc2n1. The van der Waals surface area contributed by atoms with E-state index in [2.05, 4.69) is 20.3 Å². The third kappa shape index (κ3) is 4.21. The highest BCUT2D eigenvalue weighted by Gasteiger charge is 2.19. The Morgan fingerprint density at radius 1 is 1.24 bits per heavy atom. The Labute approximate surface area is 159 Å². The number of halogens is 2. The first kappa shape index (κ1) is 17.9. The Kier molecular flexibility index (Phi) is 5.42. The van der Waals surface area contributed by atoms with E-state index in [-0.39, 0.29) is 11.7 Å². The van der Waals surface area contributed by atoms with E-state index in [1.807, 2.05) is 31.2 Å². The maximum Gasteiger partial charge on any atom is 0.238 e. The lowest BCUT2D eigenvalue weighted by molar-refractivity contribution is -0.115. The molecule has 1 atom stereocenters. The van der Waals surface area contributed by atoms with Gasteiger partial charge in [0.05, 0.1) is 20.8 Å². The van der Waals surface area contributed by atoms with E-state index in [4.69, 9.17) is 23.2 Å². The third-order valence-electron chi connectivity index (χ3n) is 3.39. The van der Waals surface area contributed by atoms with E-state index in [9.17, 15) is 4.79 Å². The Balaban J connectivity index is 1.80. The van der Waals surface area contributed by atoms with Crippen molar-refractivity contribution in [2.75, 3.05) is 5.32 Å². The van der Waals surface area contributed by atoms with Gasteiger partial charge in [-0.05, 0) is 26.0 Å². The zero-order valence-electron chi connectivity index (χ0n) is 13.5. The number of anilines is 1. The molecule has 25 heavy (non-hydrogen) atoms. The maximum atomic E-state index is 12.5. The van der Waals surface area contributed by atoms with E-state index in [0.717, 1.165) is 15.9 Å². The van der Waals surface area contributed by atoms with Gasteiger partial charge >= 0.3 is 0 Å². The summed E-state index contributed by atoms with van der Waals surface area (Å²) in [6, 6.07) is 9.25. The summed E-state index contributed by atoms with van der Waals surface area (Å²) in [7, 11) is 0. The minimum atomic E-state index is -0.397. The molecule has 8 heteroatoms. The molecule has 0 saturated heterocycles. The number of hydrogen-bond donors (Lipinski definition) is 1. The molecule has 0 aliphatic carbocycles. The number of benzene rings is 1. The molecule has 1 amide bonds. The number of carbonyl (C=O) groups excluding carboxylic acids is 1. The van der Waals surface area contributed by atoms with Gasteiger partial charge < -0.3 is 5.32 Å². The number of nitrogens with one attached hydrogen (secondary N) is 1. The Morgan fingerprint density at radius 3 is 2.76 bits per heavy atom. The number of para-hydroxylation sites is 1. The average Bonchev–Trinajstić information content (AvgIpc) is 2.57. The van der Waals surface area contributed by atoms with Gasteiger partial charge in [-0.3, -0.25) is 4.79 Å². The molecule has 0 radical (unpaired) electrons. The minimum Gasteiger partial charge on any atom is -0.308 e. The predicted molar refractivity (Wildman–Crippen MR) is 102 cm³/mol. The molecule has 0 aliphatic rings. The van der Waals surface area contributed by atoms with Gasteiger partial charge in [-0.15, -0.1) is 0 Å². The number of aromatic nitrogens is 3. The molecule has 0 bridgehead atoms. The van der Waals surface area contributed by atoms with Crippen LogP contribution < -0.4 is 5.32 Å². The lowest BCUT2D eigenvalue weighted by atomic mass is 10.2. The summed E-state index contributed by atoms with van der Waals surface area (Å²) >= 11 is 13.2. The normalized spacial score (nSPS) is 12.2. The van der Waals surface area contributed by atoms with Crippen LogP contribution >= 0.6 is 35.0 Å². The van der Waals surface area contributed by atoms with Crippen molar-refractivity contribution in [3.05, 3.63) is 52.4 Å². The number of fused-ring (bicyclic) bond motifs is 1. The van der Waals surface area contributed by atoms with Crippen LogP contribution in [-0.4, -0.2) is 26.1 Å². The summed E-state index contributed by atoms with van der Waals surface area (Å²) in [4.78, 5) is 25.4. The highest BCUT2D eigenvalue weighted by Crippen LogP contribution is 2.30. The summed E-state index contributed by atoms with van der Waals surface area (Å²) in [6.07, 6.45) is 1.43. The van der Waals surface area contributed by atoms with Crippen LogP contribution in [0.3, 0.4) is 0 Å². The van der Waals surface area contributed by atoms with E-state index in [1.165, 1.54) is 24.0 Å². The molecule has 1 aromatic carbocycles. The van der Waals surface area contributed by atoms with Gasteiger partial charge in [-0.25, -0.2) is 15.0 Å². The first-order valence-corrected chi connectivity index (χ1v) is 9.09. The van der Waals surface area contributed by atoms with Crippen LogP contribution in [0.2, 0.25) is 10.0 Å². The maximum absolute atomic E-state index is 12.5. The lowest BCUT2D eigenvalue weighted by Gasteiger charge is -2.13. The number of carbonyl (C=O) groups is 1. The molecule has 0 saturated carbocycles. The van der Waals surface area contributed by atoms with Crippen molar-refractivity contribution in [3.63, 3.8) is 0 Å². The van der Waals surface area contributed by atoms with Crippen LogP contribution in [-0.2, 0) is 4.79 Å². The molecule has 3 aromatic rings. The Hall–Kier alpha value is -1.89. The molecule has 5 nitrogen and oxygen atoms in total. The number of amides is 1. The number of nitrogens with zero attached hydrogens (tertiary/aromatic N) is 3. The van der Waals surface area contributed by atoms with Gasteiger partial charge in [0.15, 0.2) is 5.82 Å². The Morgan fingerprint density at radius 2 is 2.00 bits per heavy atom. The second-order valence-electron chi connectivity index (χ2n) is 5.33. The van der Waals surface area contributed by atoms with Crippen LogP contribution in [0.15, 0.2) is 41.6 Å². The summed E-state index contributed by atoms with van der Waals surface area (Å²) in [5.41, 5.74) is 0.854. The first-order valence-electron chi connectivity index (χ1n) is 7.46. The number of hydrogen-bond acceptors (Lipinski definition) is 5. The molecule has 0 fully saturated rings. The van der Waals surface area contributed by atoms with Crippen molar-refractivity contribution in [2.45, 2.75) is 24.1 Å². The topological polar surface area (TPSA) is 67.8 Å². The molecule has 0 aliphatic heterocycles. The standard InChI is InChI=1S/C17H14Cl2N4OS/c1-9(16(24)23-15-13(19)7-11(18)8-20-15)25-17-12-5-3-4-6-14(12)21-10(2)22-17/h3-9H,1-2H3,(H,20,23,24)/t9-/m0/s1. The van der Waals surface area contributed by atoms with Crippen molar-refractivity contribution in [3.8, 4) is 0 Å². The quantitative estimate of drug-likeness (QED) is 0.511. The molecule has 3 rings (SSSR count). The smallest absolute Gasteiger partial charge is 0.238 e. The van der Waals surface area contributed by atoms with Crippen molar-refractivity contribution >= 4 is 57.6 Å². The largest absolute Gasteiger partial charge is 0.308 e. The van der Waals surface area contributed by atoms with Crippen LogP contribution in [0.25, 0.3) is 10.9 Å². The van der Waals surface area contributed by atoms with E-state index in [1.54, 1.807) is 6.92 Å². The van der Waals surface area contributed by atoms with Gasteiger partial charge in [0.2, 0.25) is 5.91 Å². The molecule has 128 valence electrons. The molecule has 2 aromatic heterocycles. The monoisotopic (exact) mass is 392 g/mol. The zero-order valence-corrected chi connectivity index (χ0v) is 15.8. The summed E-state index contributed by atoms with van der Waals surface area (Å²) in [6.45, 7) is 3.63. The fraction of sp³-hybridized carbons (Fsp3) is 0.176. The average molecular weight is 393 g/mol. The Bertz CT molecular complexity index is 951. The third-order valence-corrected chi connectivity index (χ3v) is 4.98. The van der Waals surface area contributed by atoms with Crippen molar-refractivity contribution in [1.29, 1.82) is 0 Å². The summed E-state index contributed by atoms with van der Waals surface area (Å²) in [5.74, 6) is 0.727. The fourth-order valence-corrected chi connectivity index (χ4v) is 3.61. The van der Waals surface area contributed by atoms with Crippen LogP contribution in [0.4, 0.5) is 5.82 Å². The van der Waals surface area contributed by atoms with Gasteiger partial charge in [0.25, 0.3) is 0 Å². The second kappa shape index (κ2) is 7.56. The highest BCUT2D eigenvalue weighted by molar-refractivity contribution is 8.00. The molecular formula is C17H14Cl2N4OS. The van der Waals surface area contributed by atoms with E-state index >= 15 is 0 Å². The summed E-state index contributed by atoms with van der Waals surface area (Å²) in [5, 5.41) is 4.70. The second-order valence-corrected chi connectivity index (χ2v) is 7.50. The number of pyridine rings is 1. The van der Waals surface area contributed by atoms with E-state index < -0.39 is 5.25 Å².